The number of aromatic nitrogens is 1. The Morgan fingerprint density at radius 3 is 2.38 bits per heavy atom. The molecule has 0 radical (unpaired) electrons. The van der Waals surface area contributed by atoms with Crippen LogP contribution in [0.3, 0.4) is 0 Å². The van der Waals surface area contributed by atoms with Crippen molar-refractivity contribution in [3.63, 3.8) is 0 Å². The maximum Gasteiger partial charge on any atom is 0.263 e. The molecule has 1 aliphatic heterocycles. The number of sulfonamides is 1. The molecule has 0 saturated carbocycles. The summed E-state index contributed by atoms with van der Waals surface area (Å²) in [5, 5.41) is 3.96. The highest BCUT2D eigenvalue weighted by atomic mass is 32.2. The lowest BCUT2D eigenvalue weighted by Crippen LogP contribution is -2.41. The maximum atomic E-state index is 12.4. The molecule has 2 rings (SSSR count). The molecule has 2 heterocycles. The van der Waals surface area contributed by atoms with E-state index in [1.54, 1.807) is 0 Å². The van der Waals surface area contributed by atoms with Crippen LogP contribution in [-0.2, 0) is 15.4 Å². The summed E-state index contributed by atoms with van der Waals surface area (Å²) in [6.07, 6.45) is 2.80. The predicted octanol–water partition coefficient (Wildman–Crippen LogP) is 2.15. The summed E-state index contributed by atoms with van der Waals surface area (Å²) >= 11 is 1.45. The van der Waals surface area contributed by atoms with Gasteiger partial charge in [-0.3, -0.25) is 4.79 Å². The average Bonchev–Trinajstić information content (AvgIpc) is 2.86. The Balaban J connectivity index is 1.90. The quantitative estimate of drug-likeness (QED) is 0.877. The minimum Gasteiger partial charge on any atom is -0.351 e. The first-order valence-corrected chi connectivity index (χ1v) is 10.9. The van der Waals surface area contributed by atoms with Gasteiger partial charge in [-0.05, 0) is 25.7 Å². The lowest BCUT2D eigenvalue weighted by Gasteiger charge is -2.30. The van der Waals surface area contributed by atoms with Crippen LogP contribution in [0.4, 0.5) is 0 Å². The highest BCUT2D eigenvalue weighted by molar-refractivity contribution is 7.88. The third-order valence-corrected chi connectivity index (χ3v) is 7.12. The van der Waals surface area contributed by atoms with E-state index in [0.29, 0.717) is 30.4 Å². The fourth-order valence-electron chi connectivity index (χ4n) is 2.69. The van der Waals surface area contributed by atoms with Gasteiger partial charge in [-0.25, -0.2) is 17.7 Å². The van der Waals surface area contributed by atoms with Crippen molar-refractivity contribution in [3.8, 4) is 0 Å². The fraction of sp³-hybridized carbons (Fsp3) is 0.750. The molecule has 0 aliphatic carbocycles. The first-order valence-electron chi connectivity index (χ1n) is 8.19. The zero-order chi connectivity index (χ0) is 18.1. The zero-order valence-corrected chi connectivity index (χ0v) is 16.7. The van der Waals surface area contributed by atoms with Crippen LogP contribution in [0.5, 0.6) is 0 Å². The average molecular weight is 374 g/mol. The molecule has 8 heteroatoms. The third kappa shape index (κ3) is 4.77. The number of aryl methyl sites for hydroxylation is 1. The van der Waals surface area contributed by atoms with E-state index in [9.17, 15) is 13.2 Å². The molecular formula is C16H27N3O3S2. The Morgan fingerprint density at radius 2 is 1.92 bits per heavy atom. The number of hydrogen-bond donors (Lipinski definition) is 1. The van der Waals surface area contributed by atoms with Gasteiger partial charge in [0.05, 0.1) is 17.0 Å². The maximum absolute atomic E-state index is 12.4. The summed E-state index contributed by atoms with van der Waals surface area (Å²) in [4.78, 5) is 17.6. The summed E-state index contributed by atoms with van der Waals surface area (Å²) < 4.78 is 24.5. The molecule has 6 nitrogen and oxygen atoms in total. The van der Waals surface area contributed by atoms with Crippen LogP contribution in [-0.4, -0.2) is 49.5 Å². The van der Waals surface area contributed by atoms with E-state index in [1.807, 2.05) is 6.92 Å². The van der Waals surface area contributed by atoms with Gasteiger partial charge in [-0.1, -0.05) is 20.8 Å². The van der Waals surface area contributed by atoms with Crippen LogP contribution < -0.4 is 5.32 Å². The zero-order valence-electron chi connectivity index (χ0n) is 15.0. The van der Waals surface area contributed by atoms with Gasteiger partial charge in [0.15, 0.2) is 0 Å². The van der Waals surface area contributed by atoms with Crippen LogP contribution in [0.1, 0.15) is 54.0 Å². The smallest absolute Gasteiger partial charge is 0.263 e. The van der Waals surface area contributed by atoms with Gasteiger partial charge in [0.2, 0.25) is 10.0 Å². The number of carbonyl (C=O) groups excluding carboxylic acids is 1. The lowest BCUT2D eigenvalue weighted by molar-refractivity contribution is 0.0945. The van der Waals surface area contributed by atoms with Crippen molar-refractivity contribution in [1.29, 1.82) is 0 Å². The second kappa shape index (κ2) is 7.09. The Labute approximate surface area is 148 Å². The van der Waals surface area contributed by atoms with Crippen LogP contribution >= 0.6 is 11.3 Å². The van der Waals surface area contributed by atoms with Crippen LogP contribution in [0.25, 0.3) is 0 Å². The topological polar surface area (TPSA) is 79.4 Å². The molecule has 136 valence electrons. The van der Waals surface area contributed by atoms with Crippen LogP contribution in [0.2, 0.25) is 0 Å². The van der Waals surface area contributed by atoms with Crippen LogP contribution in [0, 0.1) is 12.8 Å². The van der Waals surface area contributed by atoms with Crippen molar-refractivity contribution in [2.24, 2.45) is 5.92 Å². The highest BCUT2D eigenvalue weighted by Gasteiger charge is 2.26. The van der Waals surface area contributed by atoms with Gasteiger partial charge in [0.25, 0.3) is 5.91 Å². The van der Waals surface area contributed by atoms with Gasteiger partial charge in [0.1, 0.15) is 4.88 Å². The molecule has 1 amide bonds. The monoisotopic (exact) mass is 373 g/mol. The third-order valence-electron chi connectivity index (χ3n) is 4.24. The molecule has 0 atom stereocenters. The SMILES string of the molecule is Cc1nc(C(C)(C)C)sc1C(=O)NCC1CCN(S(C)(=O)=O)CC1. The lowest BCUT2D eigenvalue weighted by atomic mass is 9.98. The predicted molar refractivity (Wildman–Crippen MR) is 97.0 cm³/mol. The summed E-state index contributed by atoms with van der Waals surface area (Å²) in [6, 6.07) is 0. The van der Waals surface area contributed by atoms with Crippen molar-refractivity contribution >= 4 is 27.3 Å². The molecule has 0 aromatic carbocycles. The molecule has 1 aromatic heterocycles. The normalized spacial score (nSPS) is 17.9. The summed E-state index contributed by atoms with van der Waals surface area (Å²) in [5.41, 5.74) is 0.709. The summed E-state index contributed by atoms with van der Waals surface area (Å²) in [5.74, 6) is 0.244. The van der Waals surface area contributed by atoms with E-state index in [4.69, 9.17) is 0 Å². The molecule has 0 unspecified atom stereocenters. The van der Waals surface area contributed by atoms with E-state index in [2.05, 4.69) is 31.1 Å². The van der Waals surface area contributed by atoms with Gasteiger partial charge < -0.3 is 5.32 Å². The van der Waals surface area contributed by atoms with Gasteiger partial charge in [-0.2, -0.15) is 0 Å². The van der Waals surface area contributed by atoms with Crippen molar-refractivity contribution in [2.45, 2.75) is 46.0 Å². The number of nitrogens with zero attached hydrogens (tertiary/aromatic N) is 2. The van der Waals surface area contributed by atoms with Gasteiger partial charge >= 0.3 is 0 Å². The number of thiazole rings is 1. The molecule has 1 aliphatic rings. The van der Waals surface area contributed by atoms with Crippen LogP contribution in [0.15, 0.2) is 0 Å². The minimum atomic E-state index is -3.10. The summed E-state index contributed by atoms with van der Waals surface area (Å²) in [6.45, 7) is 9.78. The molecular weight excluding hydrogens is 346 g/mol. The largest absolute Gasteiger partial charge is 0.351 e. The highest BCUT2D eigenvalue weighted by Crippen LogP contribution is 2.29. The number of hydrogen-bond acceptors (Lipinski definition) is 5. The Bertz CT molecular complexity index is 697. The Morgan fingerprint density at radius 1 is 1.33 bits per heavy atom. The van der Waals surface area contributed by atoms with E-state index in [1.165, 1.54) is 21.9 Å². The Hall–Kier alpha value is -0.990. The first kappa shape index (κ1) is 19.3. The molecule has 0 bridgehead atoms. The van der Waals surface area contributed by atoms with E-state index >= 15 is 0 Å². The second-order valence-electron chi connectivity index (χ2n) is 7.50. The molecule has 1 N–H and O–H groups in total. The standard InChI is InChI=1S/C16H27N3O3S2/c1-11-13(23-15(18-11)16(2,3)4)14(20)17-10-12-6-8-19(9-7-12)24(5,21)22/h12H,6-10H2,1-5H3,(H,17,20). The van der Waals surface area contributed by atoms with Crippen molar-refractivity contribution in [3.05, 3.63) is 15.6 Å². The molecule has 1 saturated heterocycles. The van der Waals surface area contributed by atoms with Gasteiger partial charge in [0, 0.05) is 25.0 Å². The molecule has 1 fully saturated rings. The number of rotatable bonds is 4. The van der Waals surface area contributed by atoms with E-state index in [0.717, 1.165) is 23.5 Å². The fourth-order valence-corrected chi connectivity index (χ4v) is 4.60. The summed E-state index contributed by atoms with van der Waals surface area (Å²) in [7, 11) is -3.10. The molecule has 1 aromatic rings. The number of amides is 1. The van der Waals surface area contributed by atoms with E-state index in [-0.39, 0.29) is 11.3 Å². The minimum absolute atomic E-state index is 0.0631. The number of piperidine rings is 1. The Kier molecular flexibility index (Phi) is 5.71. The molecule has 0 spiro atoms. The number of carbonyl (C=O) groups is 1. The van der Waals surface area contributed by atoms with Crippen molar-refractivity contribution in [1.82, 2.24) is 14.6 Å². The van der Waals surface area contributed by atoms with E-state index < -0.39 is 10.0 Å². The second-order valence-corrected chi connectivity index (χ2v) is 10.5. The van der Waals surface area contributed by atoms with Gasteiger partial charge in [-0.15, -0.1) is 11.3 Å². The molecule has 24 heavy (non-hydrogen) atoms. The number of nitrogens with one attached hydrogen (secondary N) is 1. The first-order chi connectivity index (χ1) is 11.0. The van der Waals surface area contributed by atoms with Crippen molar-refractivity contribution < 1.29 is 13.2 Å². The van der Waals surface area contributed by atoms with Crippen molar-refractivity contribution in [2.75, 3.05) is 25.9 Å².